The molecule has 0 aliphatic carbocycles. The van der Waals surface area contributed by atoms with Gasteiger partial charge in [0.2, 0.25) is 0 Å². The van der Waals surface area contributed by atoms with Gasteiger partial charge in [0.15, 0.2) is 9.84 Å². The third-order valence-electron chi connectivity index (χ3n) is 1.46. The number of hydrogen-bond donors (Lipinski definition) is 0. The molecule has 0 radical (unpaired) electrons. The quantitative estimate of drug-likeness (QED) is 0.760. The summed E-state index contributed by atoms with van der Waals surface area (Å²) in [5, 5.41) is -3.73. The van der Waals surface area contributed by atoms with E-state index in [0.29, 0.717) is 0 Å². The van der Waals surface area contributed by atoms with Gasteiger partial charge < -0.3 is 0 Å². The zero-order valence-electron chi connectivity index (χ0n) is 6.95. The number of rotatable bonds is 3. The fourth-order valence-corrected chi connectivity index (χ4v) is 2.53. The van der Waals surface area contributed by atoms with Crippen molar-refractivity contribution in [2.45, 2.75) is 10.3 Å². The first-order chi connectivity index (χ1) is 6.31. The lowest BCUT2D eigenvalue weighted by Gasteiger charge is -2.08. The molecule has 0 unspecified atom stereocenters. The predicted octanol–water partition coefficient (Wildman–Crippen LogP) is 2.29. The molecular formula is C8H7ClF2O2S. The van der Waals surface area contributed by atoms with E-state index >= 15 is 0 Å². The fraction of sp³-hybridized carbons (Fsp3) is 0.250. The lowest BCUT2D eigenvalue weighted by Crippen LogP contribution is -2.21. The number of halogens is 3. The van der Waals surface area contributed by atoms with E-state index in [1.165, 1.54) is 24.3 Å². The molecule has 0 aliphatic rings. The summed E-state index contributed by atoms with van der Waals surface area (Å²) in [4.78, 5) is -0.152. The normalized spacial score (nSPS) is 12.8. The Balaban J connectivity index is 2.99. The fourth-order valence-electron chi connectivity index (χ4n) is 0.927. The summed E-state index contributed by atoms with van der Waals surface area (Å²) in [6.07, 6.45) is 0. The molecule has 0 aromatic heterocycles. The minimum absolute atomic E-state index is 0.152. The summed E-state index contributed by atoms with van der Waals surface area (Å²) < 4.78 is 47.1. The van der Waals surface area contributed by atoms with Crippen molar-refractivity contribution in [1.29, 1.82) is 0 Å². The molecule has 0 saturated heterocycles. The van der Waals surface area contributed by atoms with Gasteiger partial charge in [-0.1, -0.05) is 18.2 Å². The SMILES string of the molecule is O=S(=O)(CC(F)(F)Cl)c1ccccc1. The van der Waals surface area contributed by atoms with Gasteiger partial charge in [0.25, 0.3) is 0 Å². The molecule has 0 N–H and O–H groups in total. The standard InChI is InChI=1S/C8H7ClF2O2S/c9-8(10,11)6-14(12,13)7-4-2-1-3-5-7/h1-5H,6H2. The van der Waals surface area contributed by atoms with E-state index in [1.54, 1.807) is 6.07 Å². The van der Waals surface area contributed by atoms with Gasteiger partial charge in [-0.3, -0.25) is 0 Å². The molecule has 1 aromatic carbocycles. The molecule has 1 aromatic rings. The molecule has 14 heavy (non-hydrogen) atoms. The van der Waals surface area contributed by atoms with Crippen molar-refractivity contribution in [3.8, 4) is 0 Å². The summed E-state index contributed by atoms with van der Waals surface area (Å²) >= 11 is 4.56. The number of benzene rings is 1. The smallest absolute Gasteiger partial charge is 0.223 e. The Hall–Kier alpha value is -0.680. The van der Waals surface area contributed by atoms with Crippen molar-refractivity contribution in [2.24, 2.45) is 0 Å². The Morgan fingerprint density at radius 1 is 1.21 bits per heavy atom. The van der Waals surface area contributed by atoms with Crippen molar-refractivity contribution >= 4 is 21.4 Å². The maximum atomic E-state index is 12.3. The van der Waals surface area contributed by atoms with Gasteiger partial charge in [-0.2, -0.15) is 8.78 Å². The molecule has 0 aliphatic heterocycles. The molecule has 0 saturated carbocycles. The van der Waals surface area contributed by atoms with E-state index in [0.717, 1.165) is 0 Å². The monoisotopic (exact) mass is 240 g/mol. The van der Waals surface area contributed by atoms with Gasteiger partial charge in [-0.25, -0.2) is 8.42 Å². The third kappa shape index (κ3) is 3.23. The Labute approximate surface area is 85.4 Å². The molecule has 6 heteroatoms. The van der Waals surface area contributed by atoms with Crippen LogP contribution in [0.5, 0.6) is 0 Å². The zero-order chi connectivity index (χ0) is 10.8. The predicted molar refractivity (Wildman–Crippen MR) is 49.3 cm³/mol. The lowest BCUT2D eigenvalue weighted by atomic mass is 10.4. The molecule has 0 bridgehead atoms. The topological polar surface area (TPSA) is 34.1 Å². The number of alkyl halides is 3. The van der Waals surface area contributed by atoms with Crippen LogP contribution in [-0.2, 0) is 9.84 Å². The van der Waals surface area contributed by atoms with Crippen LogP contribution in [0.3, 0.4) is 0 Å². The number of sulfone groups is 1. The van der Waals surface area contributed by atoms with Crippen LogP contribution in [0, 0.1) is 0 Å². The van der Waals surface area contributed by atoms with E-state index in [9.17, 15) is 17.2 Å². The van der Waals surface area contributed by atoms with E-state index in [-0.39, 0.29) is 4.90 Å². The van der Waals surface area contributed by atoms with Gasteiger partial charge in [0.05, 0.1) is 4.90 Å². The summed E-state index contributed by atoms with van der Waals surface area (Å²) in [7, 11) is -4.00. The van der Waals surface area contributed by atoms with Gasteiger partial charge >= 0.3 is 5.38 Å². The van der Waals surface area contributed by atoms with Crippen LogP contribution in [0.1, 0.15) is 0 Å². The first-order valence-corrected chi connectivity index (χ1v) is 5.69. The molecule has 0 amide bonds. The second-order valence-electron chi connectivity index (χ2n) is 2.69. The first-order valence-electron chi connectivity index (χ1n) is 3.66. The lowest BCUT2D eigenvalue weighted by molar-refractivity contribution is 0.122. The van der Waals surface area contributed by atoms with E-state index < -0.39 is 21.0 Å². The van der Waals surface area contributed by atoms with Crippen LogP contribution in [0.15, 0.2) is 35.2 Å². The molecule has 1 rings (SSSR count). The molecule has 2 nitrogen and oxygen atoms in total. The molecular weight excluding hydrogens is 234 g/mol. The minimum Gasteiger partial charge on any atom is -0.223 e. The maximum Gasteiger partial charge on any atom is 0.335 e. The minimum atomic E-state index is -4.00. The second-order valence-corrected chi connectivity index (χ2v) is 5.23. The van der Waals surface area contributed by atoms with Crippen molar-refractivity contribution in [3.63, 3.8) is 0 Å². The highest BCUT2D eigenvalue weighted by Crippen LogP contribution is 2.24. The average Bonchev–Trinajstić information content (AvgIpc) is 2.01. The van der Waals surface area contributed by atoms with Crippen molar-refractivity contribution in [2.75, 3.05) is 5.75 Å². The average molecular weight is 241 g/mol. The van der Waals surface area contributed by atoms with E-state index in [2.05, 4.69) is 11.6 Å². The Kier molecular flexibility index (Phi) is 3.11. The summed E-state index contributed by atoms with van der Waals surface area (Å²) in [5.41, 5.74) is 0. The highest BCUT2D eigenvalue weighted by molar-refractivity contribution is 7.91. The van der Waals surface area contributed by atoms with Crippen LogP contribution >= 0.6 is 11.6 Å². The Morgan fingerprint density at radius 2 is 1.71 bits per heavy atom. The second kappa shape index (κ2) is 3.82. The Bertz CT molecular complexity index is 397. The molecule has 0 atom stereocenters. The first kappa shape index (κ1) is 11.4. The van der Waals surface area contributed by atoms with Gasteiger partial charge in [-0.15, -0.1) is 0 Å². The highest BCUT2D eigenvalue weighted by atomic mass is 35.5. The van der Waals surface area contributed by atoms with Crippen molar-refractivity contribution < 1.29 is 17.2 Å². The van der Waals surface area contributed by atoms with Crippen molar-refractivity contribution in [3.05, 3.63) is 30.3 Å². The van der Waals surface area contributed by atoms with Crippen LogP contribution in [0.25, 0.3) is 0 Å². The Morgan fingerprint density at radius 3 is 2.14 bits per heavy atom. The zero-order valence-corrected chi connectivity index (χ0v) is 8.52. The van der Waals surface area contributed by atoms with Gasteiger partial charge in [0.1, 0.15) is 5.75 Å². The molecule has 78 valence electrons. The van der Waals surface area contributed by atoms with E-state index in [1.807, 2.05) is 0 Å². The third-order valence-corrected chi connectivity index (χ3v) is 3.48. The van der Waals surface area contributed by atoms with Gasteiger partial charge in [-0.05, 0) is 23.7 Å². The van der Waals surface area contributed by atoms with Crippen molar-refractivity contribution in [1.82, 2.24) is 0 Å². The summed E-state index contributed by atoms with van der Waals surface area (Å²) in [5.74, 6) is -1.38. The molecule has 0 fully saturated rings. The molecule has 0 spiro atoms. The summed E-state index contributed by atoms with van der Waals surface area (Å²) in [6.45, 7) is 0. The summed E-state index contributed by atoms with van der Waals surface area (Å²) in [6, 6.07) is 7.01. The largest absolute Gasteiger partial charge is 0.335 e. The van der Waals surface area contributed by atoms with Crippen LogP contribution < -0.4 is 0 Å². The van der Waals surface area contributed by atoms with Crippen LogP contribution in [0.4, 0.5) is 8.78 Å². The molecule has 0 heterocycles. The van der Waals surface area contributed by atoms with Crippen LogP contribution in [-0.4, -0.2) is 19.6 Å². The van der Waals surface area contributed by atoms with Gasteiger partial charge in [0, 0.05) is 0 Å². The highest BCUT2D eigenvalue weighted by Gasteiger charge is 2.33. The van der Waals surface area contributed by atoms with E-state index in [4.69, 9.17) is 0 Å². The number of hydrogen-bond acceptors (Lipinski definition) is 2. The van der Waals surface area contributed by atoms with Crippen LogP contribution in [0.2, 0.25) is 0 Å². The maximum absolute atomic E-state index is 12.3.